The summed E-state index contributed by atoms with van der Waals surface area (Å²) in [6.07, 6.45) is 5.82. The zero-order chi connectivity index (χ0) is 12.3. The zero-order valence-corrected chi connectivity index (χ0v) is 11.8. The van der Waals surface area contributed by atoms with Crippen molar-refractivity contribution < 1.29 is 0 Å². The van der Waals surface area contributed by atoms with E-state index in [4.69, 9.17) is 0 Å². The van der Waals surface area contributed by atoms with E-state index in [9.17, 15) is 0 Å². The molecule has 0 bridgehead atoms. The molecule has 17 heavy (non-hydrogen) atoms. The molecule has 3 nitrogen and oxygen atoms in total. The van der Waals surface area contributed by atoms with Crippen LogP contribution in [0.5, 0.6) is 0 Å². The van der Waals surface area contributed by atoms with E-state index in [0.29, 0.717) is 5.41 Å². The fourth-order valence-corrected chi connectivity index (χ4v) is 2.57. The summed E-state index contributed by atoms with van der Waals surface area (Å²) in [7, 11) is 0. The maximum atomic E-state index is 4.32. The first-order valence-electron chi connectivity index (χ1n) is 6.23. The summed E-state index contributed by atoms with van der Waals surface area (Å²) in [6, 6.07) is 4.15. The first-order chi connectivity index (χ1) is 8.11. The van der Waals surface area contributed by atoms with Crippen LogP contribution in [-0.4, -0.2) is 29.5 Å². The number of aromatic nitrogens is 2. The Bertz CT molecular complexity index is 361. The summed E-state index contributed by atoms with van der Waals surface area (Å²) in [4.78, 5) is 2.37. The minimum absolute atomic E-state index is 0.474. The van der Waals surface area contributed by atoms with E-state index < -0.39 is 0 Å². The van der Waals surface area contributed by atoms with Gasteiger partial charge in [0.15, 0.2) is 5.82 Å². The highest BCUT2D eigenvalue weighted by Gasteiger charge is 2.23. The second-order valence-electron chi connectivity index (χ2n) is 5.44. The van der Waals surface area contributed by atoms with Crippen molar-refractivity contribution in [1.82, 2.24) is 10.2 Å². The number of thioether (sulfide) groups is 1. The van der Waals surface area contributed by atoms with Gasteiger partial charge in [-0.15, -0.1) is 22.0 Å². The van der Waals surface area contributed by atoms with Gasteiger partial charge in [-0.05, 0) is 43.1 Å². The molecule has 1 aromatic rings. The van der Waals surface area contributed by atoms with E-state index in [1.165, 1.54) is 19.3 Å². The molecule has 0 radical (unpaired) electrons. The Morgan fingerprint density at radius 2 is 2.00 bits per heavy atom. The van der Waals surface area contributed by atoms with Crippen molar-refractivity contribution in [2.45, 2.75) is 38.1 Å². The SMILES string of the molecule is CSc1ccc(N2CCCC(C)(C)CC2)nn1. The van der Waals surface area contributed by atoms with E-state index in [0.717, 1.165) is 23.9 Å². The van der Waals surface area contributed by atoms with Crippen LogP contribution >= 0.6 is 11.8 Å². The molecule has 2 heterocycles. The van der Waals surface area contributed by atoms with Crippen molar-refractivity contribution >= 4 is 17.6 Å². The molecule has 1 fully saturated rings. The molecular weight excluding hydrogens is 230 g/mol. The molecule has 0 N–H and O–H groups in total. The van der Waals surface area contributed by atoms with Gasteiger partial charge in [0.2, 0.25) is 0 Å². The Morgan fingerprint density at radius 1 is 1.18 bits per heavy atom. The number of nitrogens with zero attached hydrogens (tertiary/aromatic N) is 3. The second-order valence-corrected chi connectivity index (χ2v) is 6.27. The minimum Gasteiger partial charge on any atom is -0.355 e. The van der Waals surface area contributed by atoms with Gasteiger partial charge in [0, 0.05) is 13.1 Å². The molecule has 0 spiro atoms. The Kier molecular flexibility index (Phi) is 3.92. The van der Waals surface area contributed by atoms with Crippen LogP contribution in [0.1, 0.15) is 33.1 Å². The molecule has 0 aromatic carbocycles. The highest BCUT2D eigenvalue weighted by Crippen LogP contribution is 2.31. The van der Waals surface area contributed by atoms with E-state index in [2.05, 4.69) is 41.1 Å². The lowest BCUT2D eigenvalue weighted by atomic mass is 9.85. The maximum absolute atomic E-state index is 4.32. The Balaban J connectivity index is 2.06. The van der Waals surface area contributed by atoms with Gasteiger partial charge in [0.05, 0.1) is 0 Å². The van der Waals surface area contributed by atoms with E-state index in [-0.39, 0.29) is 0 Å². The summed E-state index contributed by atoms with van der Waals surface area (Å²) in [6.45, 7) is 6.93. The quantitative estimate of drug-likeness (QED) is 0.755. The molecule has 0 unspecified atom stereocenters. The highest BCUT2D eigenvalue weighted by molar-refractivity contribution is 7.98. The van der Waals surface area contributed by atoms with Crippen LogP contribution in [-0.2, 0) is 0 Å². The van der Waals surface area contributed by atoms with Crippen LogP contribution in [0, 0.1) is 5.41 Å². The third-order valence-corrected chi connectivity index (χ3v) is 4.14. The summed E-state index contributed by atoms with van der Waals surface area (Å²) in [5.41, 5.74) is 0.474. The van der Waals surface area contributed by atoms with Gasteiger partial charge in [-0.1, -0.05) is 13.8 Å². The van der Waals surface area contributed by atoms with Gasteiger partial charge in [-0.2, -0.15) is 0 Å². The lowest BCUT2D eigenvalue weighted by Gasteiger charge is -2.23. The van der Waals surface area contributed by atoms with E-state index >= 15 is 0 Å². The molecule has 0 amide bonds. The third kappa shape index (κ3) is 3.35. The monoisotopic (exact) mass is 251 g/mol. The lowest BCUT2D eigenvalue weighted by Crippen LogP contribution is -2.26. The predicted molar refractivity (Wildman–Crippen MR) is 73.7 cm³/mol. The van der Waals surface area contributed by atoms with Crippen molar-refractivity contribution in [3.8, 4) is 0 Å². The molecule has 94 valence electrons. The highest BCUT2D eigenvalue weighted by atomic mass is 32.2. The standard InChI is InChI=1S/C13H21N3S/c1-13(2)7-4-9-16(10-8-13)11-5-6-12(17-3)15-14-11/h5-6H,4,7-10H2,1-3H3. The average Bonchev–Trinajstić information content (AvgIpc) is 2.50. The molecule has 0 saturated carbocycles. The molecule has 0 aliphatic carbocycles. The number of hydrogen-bond donors (Lipinski definition) is 0. The van der Waals surface area contributed by atoms with Gasteiger partial charge in [-0.25, -0.2) is 0 Å². The van der Waals surface area contributed by atoms with E-state index in [1.807, 2.05) is 6.26 Å². The molecule has 4 heteroatoms. The van der Waals surface area contributed by atoms with Gasteiger partial charge in [0.25, 0.3) is 0 Å². The third-order valence-electron chi connectivity index (χ3n) is 3.50. The average molecular weight is 251 g/mol. The van der Waals surface area contributed by atoms with Crippen molar-refractivity contribution in [1.29, 1.82) is 0 Å². The Hall–Kier alpha value is -0.770. The number of anilines is 1. The molecular formula is C13H21N3S. The van der Waals surface area contributed by atoms with Crippen molar-refractivity contribution in [2.24, 2.45) is 5.41 Å². The zero-order valence-electron chi connectivity index (χ0n) is 10.9. The lowest BCUT2D eigenvalue weighted by molar-refractivity contribution is 0.325. The summed E-state index contributed by atoms with van der Waals surface area (Å²) >= 11 is 1.64. The van der Waals surface area contributed by atoms with E-state index in [1.54, 1.807) is 11.8 Å². The van der Waals surface area contributed by atoms with Crippen LogP contribution < -0.4 is 4.90 Å². The topological polar surface area (TPSA) is 29.0 Å². The maximum Gasteiger partial charge on any atom is 0.151 e. The van der Waals surface area contributed by atoms with Gasteiger partial charge in [-0.3, -0.25) is 0 Å². The van der Waals surface area contributed by atoms with Crippen LogP contribution in [0.4, 0.5) is 5.82 Å². The van der Waals surface area contributed by atoms with Crippen molar-refractivity contribution in [3.05, 3.63) is 12.1 Å². The normalized spacial score (nSPS) is 20.1. The molecule has 2 rings (SSSR count). The minimum atomic E-state index is 0.474. The molecule has 0 atom stereocenters. The van der Waals surface area contributed by atoms with Crippen LogP contribution in [0.3, 0.4) is 0 Å². The molecule has 1 saturated heterocycles. The number of rotatable bonds is 2. The molecule has 1 aromatic heterocycles. The summed E-state index contributed by atoms with van der Waals surface area (Å²) in [5.74, 6) is 1.03. The summed E-state index contributed by atoms with van der Waals surface area (Å²) in [5, 5.41) is 9.52. The number of hydrogen-bond acceptors (Lipinski definition) is 4. The Labute approximate surface area is 108 Å². The smallest absolute Gasteiger partial charge is 0.151 e. The first kappa shape index (κ1) is 12.7. The van der Waals surface area contributed by atoms with Crippen LogP contribution in [0.15, 0.2) is 17.2 Å². The van der Waals surface area contributed by atoms with Crippen LogP contribution in [0.2, 0.25) is 0 Å². The fourth-order valence-electron chi connectivity index (χ4n) is 2.24. The Morgan fingerprint density at radius 3 is 2.65 bits per heavy atom. The van der Waals surface area contributed by atoms with Gasteiger partial charge < -0.3 is 4.90 Å². The van der Waals surface area contributed by atoms with Crippen LogP contribution in [0.25, 0.3) is 0 Å². The van der Waals surface area contributed by atoms with Crippen molar-refractivity contribution in [2.75, 3.05) is 24.2 Å². The van der Waals surface area contributed by atoms with Gasteiger partial charge >= 0.3 is 0 Å². The second kappa shape index (κ2) is 5.25. The molecule has 1 aliphatic heterocycles. The summed E-state index contributed by atoms with van der Waals surface area (Å²) < 4.78 is 0. The van der Waals surface area contributed by atoms with Crippen molar-refractivity contribution in [3.63, 3.8) is 0 Å². The van der Waals surface area contributed by atoms with Gasteiger partial charge in [0.1, 0.15) is 5.03 Å². The molecule has 1 aliphatic rings. The fraction of sp³-hybridized carbons (Fsp3) is 0.692. The predicted octanol–water partition coefficient (Wildman–Crippen LogP) is 3.22. The largest absolute Gasteiger partial charge is 0.355 e. The first-order valence-corrected chi connectivity index (χ1v) is 7.46.